The lowest BCUT2D eigenvalue weighted by atomic mass is 10.2. The van der Waals surface area contributed by atoms with E-state index in [4.69, 9.17) is 11.5 Å². The zero-order valence-electron chi connectivity index (χ0n) is 10.00. The highest BCUT2D eigenvalue weighted by Crippen LogP contribution is 2.18. The second-order valence-corrected chi connectivity index (χ2v) is 4.06. The molecule has 7 nitrogen and oxygen atoms in total. The van der Waals surface area contributed by atoms with Crippen molar-refractivity contribution in [3.8, 4) is 5.69 Å². The molecule has 7 heteroatoms. The molecule has 0 spiro atoms. The predicted octanol–water partition coefficient (Wildman–Crippen LogP) is 0.150. The first kappa shape index (κ1) is 11.4. The zero-order valence-corrected chi connectivity index (χ0v) is 10.00. The lowest BCUT2D eigenvalue weighted by Gasteiger charge is -2.07. The minimum Gasteiger partial charge on any atom is -0.382 e. The van der Waals surface area contributed by atoms with Crippen LogP contribution in [0.4, 0.5) is 5.82 Å². The van der Waals surface area contributed by atoms with E-state index >= 15 is 0 Å². The first-order chi connectivity index (χ1) is 9.22. The number of imidazole rings is 1. The Morgan fingerprint density at radius 1 is 1.26 bits per heavy atom. The summed E-state index contributed by atoms with van der Waals surface area (Å²) in [5.41, 5.74) is 13.5. The molecule has 0 bridgehead atoms. The van der Waals surface area contributed by atoms with Crippen LogP contribution in [0.2, 0.25) is 0 Å². The van der Waals surface area contributed by atoms with Gasteiger partial charge >= 0.3 is 5.69 Å². The molecule has 2 heterocycles. The van der Waals surface area contributed by atoms with Crippen LogP contribution in [0.5, 0.6) is 0 Å². The molecule has 1 aromatic carbocycles. The van der Waals surface area contributed by atoms with Gasteiger partial charge in [0.05, 0.1) is 5.69 Å². The summed E-state index contributed by atoms with van der Waals surface area (Å²) < 4.78 is 1.45. The van der Waals surface area contributed by atoms with Crippen LogP contribution < -0.4 is 17.2 Å². The molecule has 0 atom stereocenters. The molecule has 96 valence electrons. The van der Waals surface area contributed by atoms with Crippen LogP contribution in [0, 0.1) is 0 Å². The largest absolute Gasteiger partial charge is 0.382 e. The van der Waals surface area contributed by atoms with Crippen molar-refractivity contribution in [2.24, 2.45) is 5.73 Å². The minimum atomic E-state index is -0.317. The molecule has 0 radical (unpaired) electrons. The van der Waals surface area contributed by atoms with E-state index in [1.165, 1.54) is 10.9 Å². The van der Waals surface area contributed by atoms with Crippen LogP contribution in [0.1, 0.15) is 5.56 Å². The SMILES string of the molecule is NCc1ccccc1-n1c(=O)[nH]c2c(N)ncnc21. The third-order valence-electron chi connectivity index (χ3n) is 2.96. The van der Waals surface area contributed by atoms with E-state index in [-0.39, 0.29) is 11.5 Å². The third kappa shape index (κ3) is 1.67. The maximum Gasteiger partial charge on any atom is 0.332 e. The Labute approximate surface area is 107 Å². The Kier molecular flexibility index (Phi) is 2.53. The van der Waals surface area contributed by atoms with Gasteiger partial charge in [-0.2, -0.15) is 0 Å². The summed E-state index contributed by atoms with van der Waals surface area (Å²) in [7, 11) is 0. The highest BCUT2D eigenvalue weighted by molar-refractivity contribution is 5.82. The third-order valence-corrected chi connectivity index (χ3v) is 2.96. The van der Waals surface area contributed by atoms with Gasteiger partial charge in [-0.05, 0) is 11.6 Å². The van der Waals surface area contributed by atoms with Crippen molar-refractivity contribution in [1.82, 2.24) is 19.5 Å². The summed E-state index contributed by atoms with van der Waals surface area (Å²) in [5, 5.41) is 0. The van der Waals surface area contributed by atoms with Crippen LogP contribution in [0.3, 0.4) is 0 Å². The molecular formula is C12H12N6O. The first-order valence-electron chi connectivity index (χ1n) is 5.72. The average molecular weight is 256 g/mol. The van der Waals surface area contributed by atoms with Gasteiger partial charge in [0.2, 0.25) is 0 Å². The minimum absolute atomic E-state index is 0.242. The van der Waals surface area contributed by atoms with Crippen LogP contribution in [-0.4, -0.2) is 19.5 Å². The summed E-state index contributed by atoms with van der Waals surface area (Å²) in [5.74, 6) is 0.242. The molecule has 0 saturated heterocycles. The Morgan fingerprint density at radius 3 is 2.84 bits per heavy atom. The summed E-state index contributed by atoms with van der Waals surface area (Å²) in [6.07, 6.45) is 1.33. The van der Waals surface area contributed by atoms with Crippen molar-refractivity contribution in [3.63, 3.8) is 0 Å². The molecule has 0 amide bonds. The Bertz CT molecular complexity index is 803. The fourth-order valence-electron chi connectivity index (χ4n) is 2.06. The van der Waals surface area contributed by atoms with Gasteiger partial charge in [-0.15, -0.1) is 0 Å². The van der Waals surface area contributed by atoms with Gasteiger partial charge in [-0.3, -0.25) is 0 Å². The highest BCUT2D eigenvalue weighted by atomic mass is 16.1. The van der Waals surface area contributed by atoms with Gasteiger partial charge in [0, 0.05) is 6.54 Å². The molecule has 5 N–H and O–H groups in total. The number of nitrogens with one attached hydrogen (secondary N) is 1. The van der Waals surface area contributed by atoms with Gasteiger partial charge in [0.15, 0.2) is 11.5 Å². The smallest absolute Gasteiger partial charge is 0.332 e. The number of nitrogen functional groups attached to an aromatic ring is 1. The lowest BCUT2D eigenvalue weighted by molar-refractivity contribution is 0.953. The van der Waals surface area contributed by atoms with E-state index in [1.54, 1.807) is 0 Å². The molecular weight excluding hydrogens is 244 g/mol. The van der Waals surface area contributed by atoms with Gasteiger partial charge < -0.3 is 16.5 Å². The number of nitrogens with zero attached hydrogens (tertiary/aromatic N) is 3. The Balaban J connectivity index is 2.40. The van der Waals surface area contributed by atoms with Gasteiger partial charge in [0.1, 0.15) is 11.8 Å². The van der Waals surface area contributed by atoms with Crippen molar-refractivity contribution < 1.29 is 0 Å². The van der Waals surface area contributed by atoms with Crippen molar-refractivity contribution in [3.05, 3.63) is 46.6 Å². The molecule has 0 aliphatic carbocycles. The van der Waals surface area contributed by atoms with Crippen LogP contribution in [0.15, 0.2) is 35.4 Å². The Morgan fingerprint density at radius 2 is 2.05 bits per heavy atom. The quantitative estimate of drug-likeness (QED) is 0.603. The van der Waals surface area contributed by atoms with Crippen LogP contribution >= 0.6 is 0 Å². The van der Waals surface area contributed by atoms with Crippen molar-refractivity contribution in [2.75, 3.05) is 5.73 Å². The van der Waals surface area contributed by atoms with Crippen molar-refractivity contribution in [2.45, 2.75) is 6.54 Å². The number of fused-ring (bicyclic) bond motifs is 1. The second-order valence-electron chi connectivity index (χ2n) is 4.06. The maximum absolute atomic E-state index is 12.1. The van der Waals surface area contributed by atoms with E-state index in [0.29, 0.717) is 23.4 Å². The molecule has 3 rings (SSSR count). The first-order valence-corrected chi connectivity index (χ1v) is 5.72. The number of aromatic nitrogens is 4. The molecule has 0 aliphatic heterocycles. The number of aromatic amines is 1. The maximum atomic E-state index is 12.1. The number of hydrogen-bond acceptors (Lipinski definition) is 5. The molecule has 0 unspecified atom stereocenters. The number of anilines is 1. The van der Waals surface area contributed by atoms with Gasteiger partial charge in [-0.1, -0.05) is 18.2 Å². The summed E-state index contributed by atoms with van der Waals surface area (Å²) in [6, 6.07) is 7.39. The molecule has 0 fully saturated rings. The summed E-state index contributed by atoms with van der Waals surface area (Å²) in [4.78, 5) is 22.7. The number of para-hydroxylation sites is 1. The van der Waals surface area contributed by atoms with Crippen molar-refractivity contribution >= 4 is 17.0 Å². The molecule has 3 aromatic rings. The van der Waals surface area contributed by atoms with E-state index in [0.717, 1.165) is 5.56 Å². The number of nitrogens with two attached hydrogens (primary N) is 2. The topological polar surface area (TPSA) is 116 Å². The fourth-order valence-corrected chi connectivity index (χ4v) is 2.06. The molecule has 19 heavy (non-hydrogen) atoms. The Hall–Kier alpha value is -2.67. The predicted molar refractivity (Wildman–Crippen MR) is 71.8 cm³/mol. The highest BCUT2D eigenvalue weighted by Gasteiger charge is 2.14. The standard InChI is InChI=1S/C12H12N6O/c13-5-7-3-1-2-4-8(7)18-11-9(17-12(18)19)10(14)15-6-16-11/h1-4,6H,5,13H2,(H,17,19)(H2,14,15,16). The molecule has 0 aliphatic rings. The number of rotatable bonds is 2. The normalized spacial score (nSPS) is 11.0. The van der Waals surface area contributed by atoms with Crippen molar-refractivity contribution in [1.29, 1.82) is 0 Å². The van der Waals surface area contributed by atoms with Gasteiger partial charge in [-0.25, -0.2) is 19.3 Å². The van der Waals surface area contributed by atoms with E-state index in [1.807, 2.05) is 24.3 Å². The molecule has 2 aromatic heterocycles. The van der Waals surface area contributed by atoms with Crippen LogP contribution in [0.25, 0.3) is 16.9 Å². The summed E-state index contributed by atoms with van der Waals surface area (Å²) in [6.45, 7) is 0.329. The summed E-state index contributed by atoms with van der Waals surface area (Å²) >= 11 is 0. The number of H-pyrrole nitrogens is 1. The van der Waals surface area contributed by atoms with E-state index < -0.39 is 0 Å². The van der Waals surface area contributed by atoms with E-state index in [9.17, 15) is 4.79 Å². The number of benzene rings is 1. The second kappa shape index (κ2) is 4.21. The lowest BCUT2D eigenvalue weighted by Crippen LogP contribution is -2.17. The van der Waals surface area contributed by atoms with Crippen LogP contribution in [-0.2, 0) is 6.54 Å². The average Bonchev–Trinajstić information content (AvgIpc) is 2.76. The van der Waals surface area contributed by atoms with E-state index in [2.05, 4.69) is 15.0 Å². The fraction of sp³-hybridized carbons (Fsp3) is 0.0833. The zero-order chi connectivity index (χ0) is 13.4. The van der Waals surface area contributed by atoms with Gasteiger partial charge in [0.25, 0.3) is 0 Å². The molecule has 0 saturated carbocycles. The monoisotopic (exact) mass is 256 g/mol. The number of hydrogen-bond donors (Lipinski definition) is 3.